The number of nitrogens with one attached hydrogen (secondary N) is 1. The van der Waals surface area contributed by atoms with E-state index in [2.05, 4.69) is 15.0 Å². The Hall–Kier alpha value is -4.73. The van der Waals surface area contributed by atoms with E-state index in [4.69, 9.17) is 25.4 Å². The van der Waals surface area contributed by atoms with Crippen molar-refractivity contribution in [2.24, 2.45) is 0 Å². The number of nitrogen functional groups attached to an aromatic ring is 2. The molecule has 0 unspecified atom stereocenters. The molecule has 2 aromatic carbocycles. The number of hydrogen-bond donors (Lipinski definition) is 3. The number of ether oxygens (including phenoxy) is 2. The number of fused-ring (bicyclic) bond motifs is 2. The zero-order chi connectivity index (χ0) is 27.1. The van der Waals surface area contributed by atoms with Crippen molar-refractivity contribution in [3.05, 3.63) is 70.7 Å². The van der Waals surface area contributed by atoms with E-state index < -0.39 is 0 Å². The molecule has 0 atom stereocenters. The van der Waals surface area contributed by atoms with Gasteiger partial charge in [-0.3, -0.25) is 4.79 Å². The molecule has 0 saturated carbocycles. The molecule has 1 amide bonds. The summed E-state index contributed by atoms with van der Waals surface area (Å²) in [4.78, 5) is 27.0. The first kappa shape index (κ1) is 24.6. The highest BCUT2D eigenvalue weighted by Gasteiger charge is 2.26. The molecule has 10 nitrogen and oxygen atoms in total. The average Bonchev–Trinajstić information content (AvgIpc) is 3.69. The molecule has 1 aliphatic rings. The van der Waals surface area contributed by atoms with Gasteiger partial charge in [0.2, 0.25) is 11.7 Å². The van der Waals surface area contributed by atoms with E-state index in [1.165, 1.54) is 0 Å². The maximum Gasteiger partial charge on any atom is 0.270 e. The normalized spacial score (nSPS) is 13.4. The fourth-order valence-electron chi connectivity index (χ4n) is 5.44. The van der Waals surface area contributed by atoms with Gasteiger partial charge in [-0.15, -0.1) is 0 Å². The van der Waals surface area contributed by atoms with E-state index >= 15 is 0 Å². The number of aromatic nitrogens is 3. The quantitative estimate of drug-likeness (QED) is 0.285. The lowest BCUT2D eigenvalue weighted by Crippen LogP contribution is -2.28. The number of likely N-dealkylation sites (tertiary alicyclic amines) is 1. The van der Waals surface area contributed by atoms with Gasteiger partial charge in [-0.25, -0.2) is 4.98 Å². The van der Waals surface area contributed by atoms with Gasteiger partial charge in [0.25, 0.3) is 5.91 Å². The molecule has 0 radical (unpaired) electrons. The lowest BCUT2D eigenvalue weighted by Gasteiger charge is -2.15. The second-order valence-electron chi connectivity index (χ2n) is 9.74. The van der Waals surface area contributed by atoms with Crippen LogP contribution in [-0.2, 0) is 12.8 Å². The van der Waals surface area contributed by atoms with Crippen LogP contribution in [0.15, 0.2) is 47.0 Å². The molecule has 1 fully saturated rings. The van der Waals surface area contributed by atoms with E-state index in [0.717, 1.165) is 58.9 Å². The van der Waals surface area contributed by atoms with Crippen LogP contribution in [0.3, 0.4) is 0 Å². The molecule has 3 aromatic heterocycles. The standard InChI is InChI=1S/C29H30N6O4/c1-37-23-12-16(11-17-15-32-29(31)34-27(17)30)20-13-18(39-25(20)26(23)38-2)14-21-19-7-3-4-8-22(19)33-24(21)28(36)35-9-5-6-10-35/h3-4,7-8,12-13,15,33H,5-6,9-11,14H2,1-2H3,(H4,30,31,32,34). The second kappa shape index (κ2) is 9.86. The molecule has 1 aliphatic heterocycles. The van der Waals surface area contributed by atoms with Crippen LogP contribution in [0.2, 0.25) is 0 Å². The number of nitrogens with two attached hydrogens (primary N) is 2. The summed E-state index contributed by atoms with van der Waals surface area (Å²) in [5.74, 6) is 2.19. The van der Waals surface area contributed by atoms with Gasteiger partial charge in [0.1, 0.15) is 17.3 Å². The number of anilines is 2. The van der Waals surface area contributed by atoms with Gasteiger partial charge in [-0.05, 0) is 42.2 Å². The number of aromatic amines is 1. The highest BCUT2D eigenvalue weighted by Crippen LogP contribution is 2.41. The summed E-state index contributed by atoms with van der Waals surface area (Å²) in [5.41, 5.74) is 16.5. The maximum atomic E-state index is 13.5. The molecule has 5 N–H and O–H groups in total. The van der Waals surface area contributed by atoms with Crippen molar-refractivity contribution in [3.8, 4) is 11.5 Å². The first-order valence-electron chi connectivity index (χ1n) is 12.9. The van der Waals surface area contributed by atoms with E-state index in [0.29, 0.717) is 47.2 Å². The summed E-state index contributed by atoms with van der Waals surface area (Å²) in [5, 5.41) is 1.85. The average molecular weight is 527 g/mol. The number of nitrogens with zero attached hydrogens (tertiary/aromatic N) is 3. The molecular weight excluding hydrogens is 496 g/mol. The summed E-state index contributed by atoms with van der Waals surface area (Å²) in [6.45, 7) is 1.55. The fraction of sp³-hybridized carbons (Fsp3) is 0.276. The zero-order valence-corrected chi connectivity index (χ0v) is 21.9. The van der Waals surface area contributed by atoms with Gasteiger partial charge in [-0.1, -0.05) is 18.2 Å². The van der Waals surface area contributed by atoms with Gasteiger partial charge in [0.05, 0.1) is 14.2 Å². The van der Waals surface area contributed by atoms with E-state index in [9.17, 15) is 4.79 Å². The molecule has 0 spiro atoms. The topological polar surface area (TPSA) is 146 Å². The SMILES string of the molecule is COc1cc(Cc2cnc(N)nc2N)c2cc(Cc3c(C(=O)N4CCCC4)[nH]c4ccccc34)oc2c1OC. The van der Waals surface area contributed by atoms with Crippen LogP contribution in [0.25, 0.3) is 21.9 Å². The van der Waals surface area contributed by atoms with Crippen molar-refractivity contribution in [3.63, 3.8) is 0 Å². The number of rotatable bonds is 7. The zero-order valence-electron chi connectivity index (χ0n) is 21.9. The number of methoxy groups -OCH3 is 2. The number of H-pyrrole nitrogens is 1. The Kier molecular flexibility index (Phi) is 6.22. The first-order valence-corrected chi connectivity index (χ1v) is 12.9. The monoisotopic (exact) mass is 526 g/mol. The minimum absolute atomic E-state index is 0.0218. The highest BCUT2D eigenvalue weighted by molar-refractivity contribution is 6.01. The lowest BCUT2D eigenvalue weighted by atomic mass is 10.0. The second-order valence-corrected chi connectivity index (χ2v) is 9.74. The molecule has 6 rings (SSSR count). The fourth-order valence-corrected chi connectivity index (χ4v) is 5.44. The van der Waals surface area contributed by atoms with Gasteiger partial charge in [0, 0.05) is 54.0 Å². The van der Waals surface area contributed by atoms with E-state index in [-0.39, 0.29) is 11.9 Å². The summed E-state index contributed by atoms with van der Waals surface area (Å²) in [6, 6.07) is 11.9. The third-order valence-electron chi connectivity index (χ3n) is 7.36. The Morgan fingerprint density at radius 1 is 1.05 bits per heavy atom. The van der Waals surface area contributed by atoms with Crippen molar-refractivity contribution in [2.45, 2.75) is 25.7 Å². The maximum absolute atomic E-state index is 13.5. The summed E-state index contributed by atoms with van der Waals surface area (Å²) >= 11 is 0. The van der Waals surface area contributed by atoms with Crippen molar-refractivity contribution in [2.75, 3.05) is 38.8 Å². The van der Waals surface area contributed by atoms with Gasteiger partial charge in [-0.2, -0.15) is 4.98 Å². The van der Waals surface area contributed by atoms with Gasteiger partial charge < -0.3 is 35.2 Å². The molecule has 4 heterocycles. The van der Waals surface area contributed by atoms with Crippen molar-refractivity contribution >= 4 is 39.5 Å². The molecule has 10 heteroatoms. The van der Waals surface area contributed by atoms with Crippen molar-refractivity contribution in [1.82, 2.24) is 19.9 Å². The molecule has 0 bridgehead atoms. The summed E-state index contributed by atoms with van der Waals surface area (Å²) in [6.07, 6.45) is 4.54. The third-order valence-corrected chi connectivity index (χ3v) is 7.36. The number of carbonyl (C=O) groups is 1. The number of furan rings is 1. The predicted octanol–water partition coefficient (Wildman–Crippen LogP) is 4.30. The Labute approximate surface area is 224 Å². The minimum atomic E-state index is 0.0218. The third kappa shape index (κ3) is 4.37. The van der Waals surface area contributed by atoms with Crippen LogP contribution < -0.4 is 20.9 Å². The van der Waals surface area contributed by atoms with E-state index in [1.807, 2.05) is 41.3 Å². The number of carbonyl (C=O) groups excluding carboxylic acids is 1. The molecule has 200 valence electrons. The van der Waals surface area contributed by atoms with Gasteiger partial charge in [0.15, 0.2) is 11.3 Å². The Morgan fingerprint density at radius 2 is 1.85 bits per heavy atom. The van der Waals surface area contributed by atoms with Crippen LogP contribution in [0.1, 0.15) is 45.8 Å². The molecule has 5 aromatic rings. The predicted molar refractivity (Wildman–Crippen MR) is 149 cm³/mol. The minimum Gasteiger partial charge on any atom is -0.493 e. The smallest absolute Gasteiger partial charge is 0.270 e. The molecule has 0 aliphatic carbocycles. The lowest BCUT2D eigenvalue weighted by molar-refractivity contribution is 0.0787. The Bertz CT molecular complexity index is 1700. The number of amides is 1. The summed E-state index contributed by atoms with van der Waals surface area (Å²) in [7, 11) is 3.16. The van der Waals surface area contributed by atoms with Crippen LogP contribution in [0.5, 0.6) is 11.5 Å². The van der Waals surface area contributed by atoms with Crippen LogP contribution >= 0.6 is 0 Å². The Balaban J connectivity index is 1.46. The van der Waals surface area contributed by atoms with Crippen LogP contribution in [0, 0.1) is 0 Å². The first-order chi connectivity index (χ1) is 19.0. The van der Waals surface area contributed by atoms with E-state index in [1.54, 1.807) is 20.4 Å². The van der Waals surface area contributed by atoms with Crippen molar-refractivity contribution in [1.29, 1.82) is 0 Å². The van der Waals surface area contributed by atoms with Crippen LogP contribution in [-0.4, -0.2) is 53.1 Å². The number of para-hydroxylation sites is 1. The Morgan fingerprint density at radius 3 is 2.59 bits per heavy atom. The van der Waals surface area contributed by atoms with Crippen molar-refractivity contribution < 1.29 is 18.7 Å². The largest absolute Gasteiger partial charge is 0.493 e. The van der Waals surface area contributed by atoms with Gasteiger partial charge >= 0.3 is 0 Å². The molecule has 39 heavy (non-hydrogen) atoms. The number of benzene rings is 2. The molecular formula is C29H30N6O4. The summed E-state index contributed by atoms with van der Waals surface area (Å²) < 4.78 is 17.7. The van der Waals surface area contributed by atoms with Crippen LogP contribution in [0.4, 0.5) is 11.8 Å². The number of hydrogen-bond acceptors (Lipinski definition) is 8. The molecule has 1 saturated heterocycles. The highest BCUT2D eigenvalue weighted by atomic mass is 16.5.